The standard InChI is InChI=1S/C12H8ClF3OS/c1-5-4-18-12(10(5)13)11(17)9-7(15)2-6(14)3-8(9)16/h2-4,11,17H,1H3. The van der Waals surface area contributed by atoms with Gasteiger partial charge in [0.1, 0.15) is 23.6 Å². The van der Waals surface area contributed by atoms with Gasteiger partial charge < -0.3 is 5.11 Å². The van der Waals surface area contributed by atoms with Gasteiger partial charge in [-0.15, -0.1) is 11.3 Å². The highest BCUT2D eigenvalue weighted by molar-refractivity contribution is 7.10. The molecule has 1 aromatic heterocycles. The minimum Gasteiger partial charge on any atom is -0.383 e. The third kappa shape index (κ3) is 2.25. The number of hydrogen-bond donors (Lipinski definition) is 1. The van der Waals surface area contributed by atoms with E-state index in [0.29, 0.717) is 17.7 Å². The zero-order valence-corrected chi connectivity index (χ0v) is 10.7. The molecule has 1 aromatic carbocycles. The van der Waals surface area contributed by atoms with Crippen molar-refractivity contribution >= 4 is 22.9 Å². The Kier molecular flexibility index (Phi) is 3.66. The van der Waals surface area contributed by atoms with E-state index in [0.717, 1.165) is 11.3 Å². The van der Waals surface area contributed by atoms with Crippen LogP contribution in [0.25, 0.3) is 0 Å². The molecule has 0 radical (unpaired) electrons. The van der Waals surface area contributed by atoms with E-state index < -0.39 is 29.1 Å². The number of benzene rings is 1. The van der Waals surface area contributed by atoms with Crippen LogP contribution in [-0.4, -0.2) is 5.11 Å². The van der Waals surface area contributed by atoms with Crippen LogP contribution in [0.2, 0.25) is 5.02 Å². The number of thiophene rings is 1. The second-order valence-corrected chi connectivity index (χ2v) is 5.07. The van der Waals surface area contributed by atoms with Crippen molar-refractivity contribution in [1.29, 1.82) is 0 Å². The summed E-state index contributed by atoms with van der Waals surface area (Å²) in [5.41, 5.74) is 0.110. The highest BCUT2D eigenvalue weighted by Crippen LogP contribution is 2.37. The van der Waals surface area contributed by atoms with E-state index in [-0.39, 0.29) is 9.90 Å². The molecule has 96 valence electrons. The first-order valence-electron chi connectivity index (χ1n) is 4.97. The zero-order valence-electron chi connectivity index (χ0n) is 9.18. The minimum atomic E-state index is -1.54. The zero-order chi connectivity index (χ0) is 13.4. The number of halogens is 4. The maximum absolute atomic E-state index is 13.5. The Morgan fingerprint density at radius 1 is 1.22 bits per heavy atom. The van der Waals surface area contributed by atoms with Gasteiger partial charge in [0.15, 0.2) is 0 Å². The molecule has 18 heavy (non-hydrogen) atoms. The number of aryl methyl sites for hydroxylation is 1. The summed E-state index contributed by atoms with van der Waals surface area (Å²) in [7, 11) is 0. The van der Waals surface area contributed by atoms with Gasteiger partial charge in [-0.25, -0.2) is 13.2 Å². The fraction of sp³-hybridized carbons (Fsp3) is 0.167. The number of aliphatic hydroxyl groups is 1. The monoisotopic (exact) mass is 292 g/mol. The summed E-state index contributed by atoms with van der Waals surface area (Å²) in [5.74, 6) is -3.31. The molecule has 1 atom stereocenters. The lowest BCUT2D eigenvalue weighted by molar-refractivity contribution is 0.212. The predicted octanol–water partition coefficient (Wildman–Crippen LogP) is 4.21. The van der Waals surface area contributed by atoms with Gasteiger partial charge in [-0.1, -0.05) is 11.6 Å². The number of rotatable bonds is 2. The molecule has 1 N–H and O–H groups in total. The molecular formula is C12H8ClF3OS. The van der Waals surface area contributed by atoms with Crippen LogP contribution in [0.5, 0.6) is 0 Å². The van der Waals surface area contributed by atoms with Crippen LogP contribution in [0, 0.1) is 24.4 Å². The lowest BCUT2D eigenvalue weighted by Crippen LogP contribution is -2.05. The maximum Gasteiger partial charge on any atom is 0.135 e. The first-order valence-corrected chi connectivity index (χ1v) is 6.23. The molecular weight excluding hydrogens is 285 g/mol. The Labute approximate surface area is 110 Å². The Hall–Kier alpha value is -1.04. The highest BCUT2D eigenvalue weighted by atomic mass is 35.5. The number of aliphatic hydroxyl groups excluding tert-OH is 1. The first-order chi connectivity index (χ1) is 8.41. The largest absolute Gasteiger partial charge is 0.383 e. The first kappa shape index (κ1) is 13.4. The minimum absolute atomic E-state index is 0.235. The van der Waals surface area contributed by atoms with Crippen molar-refractivity contribution in [3.05, 3.63) is 56.0 Å². The Bertz CT molecular complexity index is 574. The van der Waals surface area contributed by atoms with E-state index in [1.807, 2.05) is 0 Å². The van der Waals surface area contributed by atoms with Crippen molar-refractivity contribution in [2.75, 3.05) is 0 Å². The third-order valence-corrected chi connectivity index (χ3v) is 4.26. The topological polar surface area (TPSA) is 20.2 Å². The SMILES string of the molecule is Cc1csc(C(O)c2c(F)cc(F)cc2F)c1Cl. The average molecular weight is 293 g/mol. The molecule has 0 amide bonds. The second kappa shape index (κ2) is 4.91. The van der Waals surface area contributed by atoms with Crippen molar-refractivity contribution < 1.29 is 18.3 Å². The maximum atomic E-state index is 13.5. The lowest BCUT2D eigenvalue weighted by atomic mass is 10.1. The second-order valence-electron chi connectivity index (χ2n) is 3.78. The molecule has 0 aliphatic carbocycles. The molecule has 1 unspecified atom stereocenters. The van der Waals surface area contributed by atoms with Gasteiger partial charge in [-0.3, -0.25) is 0 Å². The Balaban J connectivity index is 2.53. The van der Waals surface area contributed by atoms with Crippen molar-refractivity contribution in [3.63, 3.8) is 0 Å². The molecule has 0 bridgehead atoms. The summed E-state index contributed by atoms with van der Waals surface area (Å²) >= 11 is 7.01. The molecule has 0 saturated carbocycles. The van der Waals surface area contributed by atoms with Crippen LogP contribution in [0.4, 0.5) is 13.2 Å². The van der Waals surface area contributed by atoms with E-state index in [9.17, 15) is 18.3 Å². The van der Waals surface area contributed by atoms with E-state index in [4.69, 9.17) is 11.6 Å². The van der Waals surface area contributed by atoms with Crippen LogP contribution in [0.15, 0.2) is 17.5 Å². The van der Waals surface area contributed by atoms with Crippen LogP contribution >= 0.6 is 22.9 Å². The van der Waals surface area contributed by atoms with Crippen LogP contribution in [0.1, 0.15) is 22.1 Å². The van der Waals surface area contributed by atoms with E-state index in [2.05, 4.69) is 0 Å². The van der Waals surface area contributed by atoms with Gasteiger partial charge in [0.2, 0.25) is 0 Å². The fourth-order valence-corrected chi connectivity index (χ4v) is 2.87. The molecule has 2 aromatic rings. The summed E-state index contributed by atoms with van der Waals surface area (Å²) in [5, 5.41) is 11.9. The molecule has 0 saturated heterocycles. The molecule has 2 rings (SSSR count). The van der Waals surface area contributed by atoms with Crippen molar-refractivity contribution in [2.45, 2.75) is 13.0 Å². The van der Waals surface area contributed by atoms with Crippen LogP contribution in [-0.2, 0) is 0 Å². The highest BCUT2D eigenvalue weighted by Gasteiger charge is 2.24. The molecule has 6 heteroatoms. The average Bonchev–Trinajstić information content (AvgIpc) is 2.58. The van der Waals surface area contributed by atoms with Gasteiger partial charge in [0, 0.05) is 12.1 Å². The molecule has 0 aliphatic heterocycles. The quantitative estimate of drug-likeness (QED) is 0.879. The fourth-order valence-electron chi connectivity index (χ4n) is 1.58. The van der Waals surface area contributed by atoms with Crippen LogP contribution < -0.4 is 0 Å². The molecule has 1 nitrogen and oxygen atoms in total. The predicted molar refractivity (Wildman–Crippen MR) is 64.4 cm³/mol. The lowest BCUT2D eigenvalue weighted by Gasteiger charge is -2.12. The summed E-state index contributed by atoms with van der Waals surface area (Å²) in [6.45, 7) is 1.71. The molecule has 0 spiro atoms. The van der Waals surface area contributed by atoms with E-state index in [1.165, 1.54) is 0 Å². The van der Waals surface area contributed by atoms with E-state index in [1.54, 1.807) is 12.3 Å². The Morgan fingerprint density at radius 3 is 2.22 bits per heavy atom. The Morgan fingerprint density at radius 2 is 1.78 bits per heavy atom. The number of hydrogen-bond acceptors (Lipinski definition) is 2. The molecule has 0 fully saturated rings. The smallest absolute Gasteiger partial charge is 0.135 e. The summed E-state index contributed by atoms with van der Waals surface area (Å²) < 4.78 is 39.8. The molecule has 0 aliphatic rings. The van der Waals surface area contributed by atoms with Gasteiger partial charge in [-0.2, -0.15) is 0 Å². The van der Waals surface area contributed by atoms with Gasteiger partial charge in [0.25, 0.3) is 0 Å². The van der Waals surface area contributed by atoms with Gasteiger partial charge >= 0.3 is 0 Å². The summed E-state index contributed by atoms with van der Waals surface area (Å²) in [4.78, 5) is 0.235. The van der Waals surface area contributed by atoms with E-state index >= 15 is 0 Å². The van der Waals surface area contributed by atoms with Crippen molar-refractivity contribution in [3.8, 4) is 0 Å². The van der Waals surface area contributed by atoms with Gasteiger partial charge in [-0.05, 0) is 17.9 Å². The van der Waals surface area contributed by atoms with Crippen molar-refractivity contribution in [1.82, 2.24) is 0 Å². The van der Waals surface area contributed by atoms with Gasteiger partial charge in [0.05, 0.1) is 15.5 Å². The molecule has 1 heterocycles. The summed E-state index contributed by atoms with van der Waals surface area (Å²) in [6, 6.07) is 1.05. The van der Waals surface area contributed by atoms with Crippen LogP contribution in [0.3, 0.4) is 0 Å². The summed E-state index contributed by atoms with van der Waals surface area (Å²) in [6.07, 6.45) is -1.54. The third-order valence-electron chi connectivity index (χ3n) is 2.49. The normalized spacial score (nSPS) is 12.8. The van der Waals surface area contributed by atoms with Crippen molar-refractivity contribution in [2.24, 2.45) is 0 Å².